The zero-order valence-corrected chi connectivity index (χ0v) is 8.28. The van der Waals surface area contributed by atoms with Gasteiger partial charge >= 0.3 is 0 Å². The molecule has 0 unspecified atom stereocenters. The molecule has 0 saturated heterocycles. The molecule has 4 heteroatoms. The van der Waals surface area contributed by atoms with E-state index < -0.39 is 0 Å². The van der Waals surface area contributed by atoms with Gasteiger partial charge in [-0.1, -0.05) is 0 Å². The first-order valence-electron chi connectivity index (χ1n) is 3.99. The Morgan fingerprint density at radius 2 is 2.42 bits per heavy atom. The fourth-order valence-electron chi connectivity index (χ4n) is 1.11. The summed E-state index contributed by atoms with van der Waals surface area (Å²) in [5.41, 5.74) is 1.11. The van der Waals surface area contributed by atoms with E-state index in [-0.39, 0.29) is 0 Å². The largest absolute Gasteiger partial charge is 0.385 e. The highest BCUT2D eigenvalue weighted by Crippen LogP contribution is 1.98. The van der Waals surface area contributed by atoms with Crippen LogP contribution in [-0.4, -0.2) is 23.3 Å². The third kappa shape index (κ3) is 2.46. The number of methoxy groups -OCH3 is 1. The molecule has 0 aromatic carbocycles. The van der Waals surface area contributed by atoms with Crippen LogP contribution >= 0.6 is 12.2 Å². The SMILES string of the molecule is COCCCn1cc(C)[nH]c1=S. The van der Waals surface area contributed by atoms with Crippen molar-refractivity contribution in [1.82, 2.24) is 9.55 Å². The van der Waals surface area contributed by atoms with Crippen LogP contribution in [0.4, 0.5) is 0 Å². The van der Waals surface area contributed by atoms with Gasteiger partial charge in [-0.3, -0.25) is 0 Å². The minimum Gasteiger partial charge on any atom is -0.385 e. The van der Waals surface area contributed by atoms with Crippen LogP contribution in [0.5, 0.6) is 0 Å². The molecule has 0 aliphatic carbocycles. The highest BCUT2D eigenvalue weighted by atomic mass is 32.1. The first-order chi connectivity index (χ1) is 5.74. The van der Waals surface area contributed by atoms with Gasteiger partial charge < -0.3 is 14.3 Å². The van der Waals surface area contributed by atoms with Crippen LogP contribution in [-0.2, 0) is 11.3 Å². The Hall–Kier alpha value is -0.610. The first kappa shape index (κ1) is 9.48. The Morgan fingerprint density at radius 3 is 2.92 bits per heavy atom. The number of rotatable bonds is 4. The lowest BCUT2D eigenvalue weighted by atomic mass is 10.4. The van der Waals surface area contributed by atoms with E-state index in [1.165, 1.54) is 0 Å². The number of hydrogen-bond donors (Lipinski definition) is 1. The van der Waals surface area contributed by atoms with Gasteiger partial charge in [0.15, 0.2) is 4.77 Å². The summed E-state index contributed by atoms with van der Waals surface area (Å²) in [6, 6.07) is 0. The maximum absolute atomic E-state index is 5.09. The van der Waals surface area contributed by atoms with E-state index in [0.29, 0.717) is 0 Å². The maximum Gasteiger partial charge on any atom is 0.177 e. The number of aryl methyl sites for hydroxylation is 2. The number of ether oxygens (including phenoxy) is 1. The summed E-state index contributed by atoms with van der Waals surface area (Å²) in [5, 5.41) is 0. The number of aromatic nitrogens is 2. The van der Waals surface area contributed by atoms with Gasteiger partial charge in [0.05, 0.1) is 0 Å². The maximum atomic E-state index is 5.09. The lowest BCUT2D eigenvalue weighted by molar-refractivity contribution is 0.190. The fraction of sp³-hybridized carbons (Fsp3) is 0.625. The van der Waals surface area contributed by atoms with Crippen LogP contribution in [0.25, 0.3) is 0 Å². The Kier molecular flexibility index (Phi) is 3.49. The molecule has 0 aliphatic rings. The molecule has 0 amide bonds. The molecule has 0 radical (unpaired) electrons. The van der Waals surface area contributed by atoms with Gasteiger partial charge in [-0.2, -0.15) is 0 Å². The molecular weight excluding hydrogens is 172 g/mol. The highest BCUT2D eigenvalue weighted by molar-refractivity contribution is 7.71. The van der Waals surface area contributed by atoms with Crippen molar-refractivity contribution in [3.63, 3.8) is 0 Å². The van der Waals surface area contributed by atoms with Crippen molar-refractivity contribution < 1.29 is 4.74 Å². The Labute approximate surface area is 77.4 Å². The minimum absolute atomic E-state index is 0.784. The van der Waals surface area contributed by atoms with Gasteiger partial charge in [-0.25, -0.2) is 0 Å². The van der Waals surface area contributed by atoms with Crippen LogP contribution in [0.1, 0.15) is 12.1 Å². The predicted molar refractivity (Wildman–Crippen MR) is 50.8 cm³/mol. The van der Waals surface area contributed by atoms with Crippen molar-refractivity contribution in [2.24, 2.45) is 0 Å². The van der Waals surface area contributed by atoms with Crippen LogP contribution in [0.15, 0.2) is 6.20 Å². The quantitative estimate of drug-likeness (QED) is 0.575. The fourth-order valence-corrected chi connectivity index (χ4v) is 1.42. The molecule has 0 fully saturated rings. The molecule has 0 aliphatic heterocycles. The zero-order chi connectivity index (χ0) is 8.97. The van der Waals surface area contributed by atoms with E-state index in [4.69, 9.17) is 17.0 Å². The lowest BCUT2D eigenvalue weighted by Crippen LogP contribution is -1.99. The molecule has 0 bridgehead atoms. The molecule has 0 spiro atoms. The Bertz CT molecular complexity index is 289. The average Bonchev–Trinajstić information content (AvgIpc) is 2.31. The molecule has 12 heavy (non-hydrogen) atoms. The summed E-state index contributed by atoms with van der Waals surface area (Å²) >= 11 is 5.09. The molecule has 0 atom stereocenters. The predicted octanol–water partition coefficient (Wildman–Crippen LogP) is 1.89. The lowest BCUT2D eigenvalue weighted by Gasteiger charge is -2.00. The van der Waals surface area contributed by atoms with Gasteiger partial charge in [-0.15, -0.1) is 0 Å². The molecule has 1 rings (SSSR count). The summed E-state index contributed by atoms with van der Waals surface area (Å²) in [5.74, 6) is 0. The molecule has 3 nitrogen and oxygen atoms in total. The average molecular weight is 186 g/mol. The Morgan fingerprint density at radius 1 is 1.67 bits per heavy atom. The van der Waals surface area contributed by atoms with Gasteiger partial charge in [0.2, 0.25) is 0 Å². The molecule has 0 saturated carbocycles. The number of imidazole rings is 1. The Balaban J connectivity index is 2.51. The van der Waals surface area contributed by atoms with Crippen LogP contribution in [0, 0.1) is 11.7 Å². The third-order valence-electron chi connectivity index (χ3n) is 1.66. The normalized spacial score (nSPS) is 10.5. The smallest absolute Gasteiger partial charge is 0.177 e. The minimum atomic E-state index is 0.784. The van der Waals surface area contributed by atoms with E-state index in [0.717, 1.165) is 30.0 Å². The summed E-state index contributed by atoms with van der Waals surface area (Å²) in [6.07, 6.45) is 3.03. The van der Waals surface area contributed by atoms with Crippen LogP contribution in [0.2, 0.25) is 0 Å². The zero-order valence-electron chi connectivity index (χ0n) is 7.46. The molecule has 1 N–H and O–H groups in total. The monoisotopic (exact) mass is 186 g/mol. The first-order valence-corrected chi connectivity index (χ1v) is 4.40. The van der Waals surface area contributed by atoms with Crippen LogP contribution in [0.3, 0.4) is 0 Å². The molecule has 1 aromatic rings. The van der Waals surface area contributed by atoms with E-state index in [1.807, 2.05) is 17.7 Å². The van der Waals surface area contributed by atoms with Crippen LogP contribution < -0.4 is 0 Å². The van der Waals surface area contributed by atoms with Gasteiger partial charge in [-0.05, 0) is 25.6 Å². The molecular formula is C8H14N2OS. The summed E-state index contributed by atoms with van der Waals surface area (Å²) < 4.78 is 7.78. The topological polar surface area (TPSA) is 29.9 Å². The van der Waals surface area contributed by atoms with Gasteiger partial charge in [0, 0.05) is 32.2 Å². The van der Waals surface area contributed by atoms with E-state index >= 15 is 0 Å². The summed E-state index contributed by atoms with van der Waals surface area (Å²) in [7, 11) is 1.71. The number of H-pyrrole nitrogens is 1. The number of hydrogen-bond acceptors (Lipinski definition) is 2. The van der Waals surface area contributed by atoms with Gasteiger partial charge in [0.25, 0.3) is 0 Å². The second kappa shape index (κ2) is 4.42. The third-order valence-corrected chi connectivity index (χ3v) is 2.00. The highest BCUT2D eigenvalue weighted by Gasteiger charge is 1.94. The van der Waals surface area contributed by atoms with Crippen molar-refractivity contribution in [3.05, 3.63) is 16.7 Å². The van der Waals surface area contributed by atoms with Crippen molar-refractivity contribution in [3.8, 4) is 0 Å². The van der Waals surface area contributed by atoms with Crippen molar-refractivity contribution in [2.45, 2.75) is 19.9 Å². The van der Waals surface area contributed by atoms with Gasteiger partial charge in [0.1, 0.15) is 0 Å². The summed E-state index contributed by atoms with van der Waals surface area (Å²) in [4.78, 5) is 3.07. The second-order valence-electron chi connectivity index (χ2n) is 2.78. The molecule has 1 aromatic heterocycles. The van der Waals surface area contributed by atoms with E-state index in [1.54, 1.807) is 7.11 Å². The second-order valence-corrected chi connectivity index (χ2v) is 3.17. The van der Waals surface area contributed by atoms with Crippen molar-refractivity contribution >= 4 is 12.2 Å². The van der Waals surface area contributed by atoms with E-state index in [2.05, 4.69) is 4.98 Å². The van der Waals surface area contributed by atoms with Crippen molar-refractivity contribution in [1.29, 1.82) is 0 Å². The molecule has 68 valence electrons. The standard InChI is InChI=1S/C8H14N2OS/c1-7-6-10(8(12)9-7)4-3-5-11-2/h6H,3-5H2,1-2H3,(H,9,12). The van der Waals surface area contributed by atoms with E-state index in [9.17, 15) is 0 Å². The molecule has 1 heterocycles. The van der Waals surface area contributed by atoms with Crippen molar-refractivity contribution in [2.75, 3.05) is 13.7 Å². The number of nitrogens with one attached hydrogen (secondary N) is 1. The number of nitrogens with zero attached hydrogens (tertiary/aromatic N) is 1. The summed E-state index contributed by atoms with van der Waals surface area (Å²) in [6.45, 7) is 3.71. The number of aromatic amines is 1.